The Morgan fingerprint density at radius 3 is 2.17 bits per heavy atom. The van der Waals surface area contributed by atoms with E-state index in [9.17, 15) is 13.2 Å². The van der Waals surface area contributed by atoms with E-state index in [0.717, 1.165) is 11.1 Å². The topological polar surface area (TPSA) is 63.2 Å². The summed E-state index contributed by atoms with van der Waals surface area (Å²) in [6.45, 7) is 7.37. The number of hydrogen-bond donors (Lipinski definition) is 1. The molecule has 0 saturated heterocycles. The van der Waals surface area contributed by atoms with Crippen molar-refractivity contribution >= 4 is 21.5 Å². The number of sulfonamides is 1. The lowest BCUT2D eigenvalue weighted by atomic mass is 9.99. The Balaban J connectivity index is 2.41. The molecule has 0 aliphatic heterocycles. The fourth-order valence-corrected chi connectivity index (χ4v) is 3.53. The van der Waals surface area contributed by atoms with Gasteiger partial charge in [0.25, 0.3) is 10.0 Å². The van der Waals surface area contributed by atoms with Crippen molar-refractivity contribution in [2.75, 3.05) is 4.72 Å². The summed E-state index contributed by atoms with van der Waals surface area (Å²) in [5.41, 5.74) is 2.94. The molecule has 0 heterocycles. The molecular weight excluding hydrogens is 310 g/mol. The molecule has 2 aromatic carbocycles. The number of rotatable bonds is 5. The molecule has 0 unspecified atom stereocenters. The first-order chi connectivity index (χ1) is 10.7. The molecule has 4 nitrogen and oxygen atoms in total. The Kier molecular flexibility index (Phi) is 4.90. The number of nitrogens with one attached hydrogen (secondary N) is 1. The predicted octanol–water partition coefficient (Wildman–Crippen LogP) is 4.12. The second-order valence-corrected chi connectivity index (χ2v) is 7.56. The molecule has 1 N–H and O–H groups in total. The average Bonchev–Trinajstić information content (AvgIpc) is 2.49. The van der Waals surface area contributed by atoms with E-state index >= 15 is 0 Å². The highest BCUT2D eigenvalue weighted by molar-refractivity contribution is 7.92. The Morgan fingerprint density at radius 2 is 1.65 bits per heavy atom. The Morgan fingerprint density at radius 1 is 1.04 bits per heavy atom. The second-order valence-electron chi connectivity index (χ2n) is 5.88. The van der Waals surface area contributed by atoms with Gasteiger partial charge >= 0.3 is 0 Å². The van der Waals surface area contributed by atoms with Gasteiger partial charge in [0.05, 0.1) is 10.6 Å². The quantitative estimate of drug-likeness (QED) is 0.838. The summed E-state index contributed by atoms with van der Waals surface area (Å²) in [4.78, 5) is 11.4. The number of benzene rings is 2. The van der Waals surface area contributed by atoms with Crippen molar-refractivity contribution < 1.29 is 13.2 Å². The van der Waals surface area contributed by atoms with E-state index in [-0.39, 0.29) is 16.6 Å². The number of hydrogen-bond acceptors (Lipinski definition) is 3. The molecule has 0 fully saturated rings. The van der Waals surface area contributed by atoms with Crippen molar-refractivity contribution in [3.05, 3.63) is 59.2 Å². The smallest absolute Gasteiger partial charge is 0.261 e. The van der Waals surface area contributed by atoms with Crippen LogP contribution in [-0.4, -0.2) is 14.2 Å². The molecule has 0 amide bonds. The summed E-state index contributed by atoms with van der Waals surface area (Å²) >= 11 is 0. The van der Waals surface area contributed by atoms with E-state index in [1.165, 1.54) is 31.2 Å². The van der Waals surface area contributed by atoms with E-state index in [2.05, 4.69) is 4.72 Å². The van der Waals surface area contributed by atoms with Crippen LogP contribution in [0.1, 0.15) is 48.2 Å². The maximum atomic E-state index is 12.6. The van der Waals surface area contributed by atoms with E-state index in [4.69, 9.17) is 0 Å². The normalized spacial score (nSPS) is 11.5. The minimum atomic E-state index is -3.70. The molecular formula is C18H21NO3S. The molecule has 0 radical (unpaired) electrons. The van der Waals surface area contributed by atoms with Crippen molar-refractivity contribution in [1.82, 2.24) is 0 Å². The maximum Gasteiger partial charge on any atom is 0.261 e. The molecule has 0 atom stereocenters. The van der Waals surface area contributed by atoms with Crippen LogP contribution < -0.4 is 4.72 Å². The summed E-state index contributed by atoms with van der Waals surface area (Å²) in [5.74, 6) is 0.107. The van der Waals surface area contributed by atoms with Gasteiger partial charge in [-0.25, -0.2) is 8.42 Å². The van der Waals surface area contributed by atoms with Gasteiger partial charge in [-0.15, -0.1) is 0 Å². The first-order valence-corrected chi connectivity index (χ1v) is 8.94. The number of aryl methyl sites for hydroxylation is 1. The zero-order valence-corrected chi connectivity index (χ0v) is 14.6. The number of Topliss-reactive ketones (excluding diaryl/α,β-unsaturated/α-hetero) is 1. The molecule has 23 heavy (non-hydrogen) atoms. The predicted molar refractivity (Wildman–Crippen MR) is 92.5 cm³/mol. The van der Waals surface area contributed by atoms with E-state index < -0.39 is 10.0 Å². The summed E-state index contributed by atoms with van der Waals surface area (Å²) in [7, 11) is -3.70. The van der Waals surface area contributed by atoms with E-state index in [0.29, 0.717) is 11.3 Å². The summed E-state index contributed by atoms with van der Waals surface area (Å²) in [5, 5.41) is 0. The highest BCUT2D eigenvalue weighted by Gasteiger charge is 2.18. The van der Waals surface area contributed by atoms with Crippen molar-refractivity contribution in [2.45, 2.75) is 38.5 Å². The molecule has 2 rings (SSSR count). The number of anilines is 1. The summed E-state index contributed by atoms with van der Waals surface area (Å²) < 4.78 is 27.9. The van der Waals surface area contributed by atoms with Crippen LogP contribution in [0.3, 0.4) is 0 Å². The summed E-state index contributed by atoms with van der Waals surface area (Å²) in [6, 6.07) is 11.7. The second kappa shape index (κ2) is 6.54. The SMILES string of the molecule is CC(=O)c1ccc(S(=O)(=O)Nc2c(C)cccc2C(C)C)cc1. The van der Waals surface area contributed by atoms with Gasteiger partial charge in [-0.05, 0) is 43.0 Å². The van der Waals surface area contributed by atoms with Crippen LogP contribution >= 0.6 is 0 Å². The Labute approximate surface area is 137 Å². The highest BCUT2D eigenvalue weighted by atomic mass is 32.2. The first-order valence-electron chi connectivity index (χ1n) is 7.45. The van der Waals surface area contributed by atoms with Gasteiger partial charge in [0.2, 0.25) is 0 Å². The van der Waals surface area contributed by atoms with Crippen molar-refractivity contribution in [2.24, 2.45) is 0 Å². The third-order valence-corrected chi connectivity index (χ3v) is 5.10. The zero-order chi connectivity index (χ0) is 17.2. The molecule has 0 aromatic heterocycles. The Hall–Kier alpha value is -2.14. The number of carbonyl (C=O) groups excluding carboxylic acids is 1. The lowest BCUT2D eigenvalue weighted by Crippen LogP contribution is -2.15. The van der Waals surface area contributed by atoms with Gasteiger partial charge in [0.1, 0.15) is 0 Å². The standard InChI is InChI=1S/C18H21NO3S/c1-12(2)17-7-5-6-13(3)18(17)19-23(21,22)16-10-8-15(9-11-16)14(4)20/h5-12,19H,1-4H3. The van der Waals surface area contributed by atoms with Gasteiger partial charge in [0.15, 0.2) is 5.78 Å². The fourth-order valence-electron chi connectivity index (χ4n) is 2.37. The number of carbonyl (C=O) groups is 1. The Bertz CT molecular complexity index is 822. The molecule has 5 heteroatoms. The van der Waals surface area contributed by atoms with Gasteiger partial charge in [0, 0.05) is 5.56 Å². The van der Waals surface area contributed by atoms with Crippen LogP contribution in [0, 0.1) is 6.92 Å². The van der Waals surface area contributed by atoms with Crippen LogP contribution in [0.5, 0.6) is 0 Å². The van der Waals surface area contributed by atoms with Crippen LogP contribution in [-0.2, 0) is 10.0 Å². The van der Waals surface area contributed by atoms with Gasteiger partial charge < -0.3 is 0 Å². The molecule has 2 aromatic rings. The van der Waals surface area contributed by atoms with Gasteiger partial charge in [-0.2, -0.15) is 0 Å². The highest BCUT2D eigenvalue weighted by Crippen LogP contribution is 2.29. The first kappa shape index (κ1) is 17.2. The minimum Gasteiger partial charge on any atom is -0.295 e. The average molecular weight is 331 g/mol. The lowest BCUT2D eigenvalue weighted by molar-refractivity contribution is 0.101. The van der Waals surface area contributed by atoms with Crippen molar-refractivity contribution in [1.29, 1.82) is 0 Å². The van der Waals surface area contributed by atoms with Gasteiger partial charge in [-0.3, -0.25) is 9.52 Å². The largest absolute Gasteiger partial charge is 0.295 e. The number of ketones is 1. The van der Waals surface area contributed by atoms with Gasteiger partial charge in [-0.1, -0.05) is 44.2 Å². The lowest BCUT2D eigenvalue weighted by Gasteiger charge is -2.17. The molecule has 0 aliphatic carbocycles. The van der Waals surface area contributed by atoms with Crippen LogP contribution in [0.15, 0.2) is 47.4 Å². The molecule has 122 valence electrons. The third kappa shape index (κ3) is 3.79. The minimum absolute atomic E-state index is 0.0945. The zero-order valence-electron chi connectivity index (χ0n) is 13.8. The molecule has 0 bridgehead atoms. The fraction of sp³-hybridized carbons (Fsp3) is 0.278. The monoisotopic (exact) mass is 331 g/mol. The maximum absolute atomic E-state index is 12.6. The van der Waals surface area contributed by atoms with E-state index in [1.54, 1.807) is 0 Å². The molecule has 0 spiro atoms. The van der Waals surface area contributed by atoms with Crippen LogP contribution in [0.4, 0.5) is 5.69 Å². The summed E-state index contributed by atoms with van der Waals surface area (Å²) in [6.07, 6.45) is 0. The van der Waals surface area contributed by atoms with Crippen LogP contribution in [0.25, 0.3) is 0 Å². The third-order valence-electron chi connectivity index (χ3n) is 3.73. The van der Waals surface area contributed by atoms with Crippen molar-refractivity contribution in [3.63, 3.8) is 0 Å². The number of para-hydroxylation sites is 1. The van der Waals surface area contributed by atoms with Crippen LogP contribution in [0.2, 0.25) is 0 Å². The van der Waals surface area contributed by atoms with Crippen molar-refractivity contribution in [3.8, 4) is 0 Å². The van der Waals surface area contributed by atoms with E-state index in [1.807, 2.05) is 39.0 Å². The molecule has 0 saturated carbocycles. The molecule has 0 aliphatic rings.